The lowest BCUT2D eigenvalue weighted by molar-refractivity contribution is 0.143. The van der Waals surface area contributed by atoms with E-state index in [4.69, 9.17) is 4.74 Å². The number of ether oxygens (including phenoxy) is 1. The molecule has 1 rings (SSSR count). The number of hydrogen-bond acceptors (Lipinski definition) is 3. The highest BCUT2D eigenvalue weighted by Gasteiger charge is 2.01. The van der Waals surface area contributed by atoms with Gasteiger partial charge < -0.3 is 15.4 Å². The van der Waals surface area contributed by atoms with Crippen LogP contribution in [0.4, 0.5) is 4.39 Å². The van der Waals surface area contributed by atoms with Gasteiger partial charge in [-0.2, -0.15) is 11.8 Å². The van der Waals surface area contributed by atoms with Gasteiger partial charge in [0.15, 0.2) is 5.96 Å². The second-order valence-electron chi connectivity index (χ2n) is 4.97. The van der Waals surface area contributed by atoms with Crippen molar-refractivity contribution >= 4 is 41.7 Å². The number of halogens is 2. The molecule has 2 N–H and O–H groups in total. The maximum absolute atomic E-state index is 13.5. The third-order valence-corrected chi connectivity index (χ3v) is 4.20. The summed E-state index contributed by atoms with van der Waals surface area (Å²) in [4.78, 5) is 4.19. The number of thioether (sulfide) groups is 1. The molecule has 0 unspecified atom stereocenters. The van der Waals surface area contributed by atoms with Gasteiger partial charge in [-0.25, -0.2) is 4.39 Å². The summed E-state index contributed by atoms with van der Waals surface area (Å²) in [6, 6.07) is 6.92. The third-order valence-electron chi connectivity index (χ3n) is 3.19. The highest BCUT2D eigenvalue weighted by molar-refractivity contribution is 14.0. The maximum Gasteiger partial charge on any atom is 0.191 e. The van der Waals surface area contributed by atoms with Gasteiger partial charge in [0, 0.05) is 44.9 Å². The van der Waals surface area contributed by atoms with Gasteiger partial charge in [0.25, 0.3) is 0 Å². The van der Waals surface area contributed by atoms with Crippen LogP contribution in [0.2, 0.25) is 0 Å². The van der Waals surface area contributed by atoms with Gasteiger partial charge in [-0.05, 0) is 31.4 Å². The van der Waals surface area contributed by atoms with Crippen LogP contribution >= 0.6 is 35.7 Å². The molecule has 0 spiro atoms. The molecule has 0 atom stereocenters. The van der Waals surface area contributed by atoms with Gasteiger partial charge in [-0.3, -0.25) is 4.99 Å². The van der Waals surface area contributed by atoms with Crippen LogP contribution in [0.25, 0.3) is 0 Å². The van der Waals surface area contributed by atoms with E-state index < -0.39 is 0 Å². The number of nitrogens with one attached hydrogen (secondary N) is 2. The van der Waals surface area contributed by atoms with E-state index in [0.717, 1.165) is 56.4 Å². The normalized spacial score (nSPS) is 11.0. The smallest absolute Gasteiger partial charge is 0.191 e. The Morgan fingerprint density at radius 2 is 1.96 bits per heavy atom. The molecule has 0 saturated heterocycles. The Kier molecular flexibility index (Phi) is 15.6. The average Bonchev–Trinajstić information content (AvgIpc) is 2.57. The summed E-state index contributed by atoms with van der Waals surface area (Å²) in [5.41, 5.74) is 0.759. The SMILES string of the molecule is CCOCCCCNC(=NC)NCCSCc1ccccc1F.I. The van der Waals surface area contributed by atoms with Crippen molar-refractivity contribution in [2.75, 3.05) is 39.1 Å². The lowest BCUT2D eigenvalue weighted by Crippen LogP contribution is -2.38. The first kappa shape index (κ1) is 23.5. The summed E-state index contributed by atoms with van der Waals surface area (Å²) >= 11 is 1.71. The minimum atomic E-state index is -0.127. The molecule has 0 aliphatic rings. The molecule has 0 fully saturated rings. The largest absolute Gasteiger partial charge is 0.382 e. The number of aliphatic imine (C=N–C) groups is 1. The zero-order chi connectivity index (χ0) is 16.8. The molecule has 138 valence electrons. The highest BCUT2D eigenvalue weighted by atomic mass is 127. The van der Waals surface area contributed by atoms with Gasteiger partial charge in [-0.15, -0.1) is 24.0 Å². The zero-order valence-corrected chi connectivity index (χ0v) is 17.7. The molecule has 4 nitrogen and oxygen atoms in total. The molecule has 0 saturated carbocycles. The van der Waals surface area contributed by atoms with Crippen molar-refractivity contribution in [3.63, 3.8) is 0 Å². The van der Waals surface area contributed by atoms with Crippen molar-refractivity contribution in [3.05, 3.63) is 35.6 Å². The molecular formula is C17H29FIN3OS. The maximum atomic E-state index is 13.5. The van der Waals surface area contributed by atoms with Crippen LogP contribution in [-0.2, 0) is 10.5 Å². The Hall–Kier alpha value is -0.540. The Bertz CT molecular complexity index is 463. The molecule has 1 aromatic rings. The summed E-state index contributed by atoms with van der Waals surface area (Å²) < 4.78 is 18.8. The molecule has 0 aromatic heterocycles. The van der Waals surface area contributed by atoms with E-state index in [1.165, 1.54) is 6.07 Å². The van der Waals surface area contributed by atoms with E-state index in [9.17, 15) is 4.39 Å². The van der Waals surface area contributed by atoms with Crippen molar-refractivity contribution in [1.29, 1.82) is 0 Å². The van der Waals surface area contributed by atoms with E-state index >= 15 is 0 Å². The van der Waals surface area contributed by atoms with Crippen LogP contribution in [-0.4, -0.2) is 45.1 Å². The Balaban J connectivity index is 0.00000529. The van der Waals surface area contributed by atoms with E-state index in [0.29, 0.717) is 5.75 Å². The van der Waals surface area contributed by atoms with E-state index in [2.05, 4.69) is 15.6 Å². The van der Waals surface area contributed by atoms with Crippen LogP contribution in [0, 0.1) is 5.82 Å². The molecule has 0 aliphatic carbocycles. The standard InChI is InChI=1S/C17H28FN3OS.HI/c1-3-22-12-7-6-10-20-17(19-2)21-11-13-23-14-15-8-4-5-9-16(15)18;/h4-5,8-9H,3,6-7,10-14H2,1-2H3,(H2,19,20,21);1H. The van der Waals surface area contributed by atoms with Crippen LogP contribution in [0.3, 0.4) is 0 Å². The number of guanidine groups is 1. The Morgan fingerprint density at radius 3 is 2.67 bits per heavy atom. The minimum Gasteiger partial charge on any atom is -0.382 e. The number of benzene rings is 1. The molecule has 0 aliphatic heterocycles. The molecule has 1 aromatic carbocycles. The molecule has 0 heterocycles. The van der Waals surface area contributed by atoms with Gasteiger partial charge in [-0.1, -0.05) is 18.2 Å². The van der Waals surface area contributed by atoms with Crippen molar-refractivity contribution in [3.8, 4) is 0 Å². The lowest BCUT2D eigenvalue weighted by atomic mass is 10.2. The Morgan fingerprint density at radius 1 is 1.21 bits per heavy atom. The fraction of sp³-hybridized carbons (Fsp3) is 0.588. The molecular weight excluding hydrogens is 440 g/mol. The van der Waals surface area contributed by atoms with Crippen molar-refractivity contribution in [1.82, 2.24) is 10.6 Å². The number of unbranched alkanes of at least 4 members (excludes halogenated alkanes) is 1. The first-order chi connectivity index (χ1) is 11.3. The highest BCUT2D eigenvalue weighted by Crippen LogP contribution is 2.14. The summed E-state index contributed by atoms with van der Waals surface area (Å²) in [6.07, 6.45) is 2.11. The first-order valence-corrected chi connectivity index (χ1v) is 9.26. The second kappa shape index (κ2) is 16.0. The second-order valence-corrected chi connectivity index (χ2v) is 6.08. The van der Waals surface area contributed by atoms with E-state index in [1.54, 1.807) is 24.9 Å². The predicted molar refractivity (Wildman–Crippen MR) is 113 cm³/mol. The van der Waals surface area contributed by atoms with Gasteiger partial charge in [0.05, 0.1) is 0 Å². The third kappa shape index (κ3) is 11.1. The van der Waals surface area contributed by atoms with Gasteiger partial charge in [0.1, 0.15) is 5.82 Å². The predicted octanol–water partition coefficient (Wildman–Crippen LogP) is 3.66. The van der Waals surface area contributed by atoms with Crippen LogP contribution in [0.1, 0.15) is 25.3 Å². The summed E-state index contributed by atoms with van der Waals surface area (Å²) in [7, 11) is 1.77. The van der Waals surface area contributed by atoms with Crippen molar-refractivity contribution in [2.45, 2.75) is 25.5 Å². The van der Waals surface area contributed by atoms with Crippen LogP contribution in [0.5, 0.6) is 0 Å². The molecule has 7 heteroatoms. The number of nitrogens with zero attached hydrogens (tertiary/aromatic N) is 1. The lowest BCUT2D eigenvalue weighted by Gasteiger charge is -2.11. The van der Waals surface area contributed by atoms with Crippen molar-refractivity contribution < 1.29 is 9.13 Å². The summed E-state index contributed by atoms with van der Waals surface area (Å²) in [6.45, 7) is 5.29. The quantitative estimate of drug-likeness (QED) is 0.225. The fourth-order valence-corrected chi connectivity index (χ4v) is 2.78. The van der Waals surface area contributed by atoms with Crippen LogP contribution < -0.4 is 10.6 Å². The zero-order valence-electron chi connectivity index (χ0n) is 14.5. The van der Waals surface area contributed by atoms with Crippen LogP contribution in [0.15, 0.2) is 29.3 Å². The monoisotopic (exact) mass is 469 g/mol. The summed E-state index contributed by atoms with van der Waals surface area (Å²) in [5.74, 6) is 2.28. The summed E-state index contributed by atoms with van der Waals surface area (Å²) in [5, 5.41) is 6.54. The first-order valence-electron chi connectivity index (χ1n) is 8.11. The molecule has 0 amide bonds. The molecule has 0 bridgehead atoms. The topological polar surface area (TPSA) is 45.6 Å². The Labute approximate surface area is 166 Å². The van der Waals surface area contributed by atoms with Gasteiger partial charge >= 0.3 is 0 Å². The van der Waals surface area contributed by atoms with Crippen molar-refractivity contribution in [2.24, 2.45) is 4.99 Å². The fourth-order valence-electron chi connectivity index (χ4n) is 1.94. The average molecular weight is 469 g/mol. The molecule has 0 radical (unpaired) electrons. The molecule has 24 heavy (non-hydrogen) atoms. The number of hydrogen-bond donors (Lipinski definition) is 2. The van der Waals surface area contributed by atoms with E-state index in [1.807, 2.05) is 19.1 Å². The van der Waals surface area contributed by atoms with Gasteiger partial charge in [0.2, 0.25) is 0 Å². The minimum absolute atomic E-state index is 0. The van der Waals surface area contributed by atoms with E-state index in [-0.39, 0.29) is 29.8 Å². The number of rotatable bonds is 11.